The summed E-state index contributed by atoms with van der Waals surface area (Å²) in [7, 11) is 0. The minimum atomic E-state index is 0.194. The van der Waals surface area contributed by atoms with Crippen molar-refractivity contribution >= 4 is 5.78 Å². The molecule has 0 radical (unpaired) electrons. The number of rotatable bonds is 0. The molecule has 0 aliphatic heterocycles. The van der Waals surface area contributed by atoms with Crippen LogP contribution >= 0.6 is 0 Å². The normalized spacial score (nSPS) is 23.8. The summed E-state index contributed by atoms with van der Waals surface area (Å²) in [4.78, 5) is 10.7. The van der Waals surface area contributed by atoms with Crippen LogP contribution in [0.1, 0.15) is 19.3 Å². The Morgan fingerprint density at radius 1 is 1.11 bits per heavy atom. The third kappa shape index (κ3) is 0.645. The molecule has 2 rings (SSSR count). The Hall–Kier alpha value is -0.850. The topological polar surface area (TPSA) is 17.1 Å². The second-order valence-corrected chi connectivity index (χ2v) is 2.60. The first-order chi connectivity index (χ1) is 4.36. The van der Waals surface area contributed by atoms with Crippen LogP contribution in [0.3, 0.4) is 0 Å². The fourth-order valence-electron chi connectivity index (χ4n) is 1.51. The number of hydrogen-bond acceptors (Lipinski definition) is 1. The van der Waals surface area contributed by atoms with Crippen LogP contribution in [0.15, 0.2) is 23.3 Å². The molecule has 0 aromatic carbocycles. The Kier molecular flexibility index (Phi) is 0.865. The molecule has 0 saturated heterocycles. The largest absolute Gasteiger partial charge is 0.290 e. The maximum Gasteiger partial charge on any atom is 0.179 e. The summed E-state index contributed by atoms with van der Waals surface area (Å²) >= 11 is 0. The van der Waals surface area contributed by atoms with Crippen molar-refractivity contribution < 1.29 is 4.79 Å². The number of allylic oxidation sites excluding steroid dienone is 4. The fourth-order valence-corrected chi connectivity index (χ4v) is 1.51. The van der Waals surface area contributed by atoms with E-state index in [1.165, 1.54) is 17.6 Å². The van der Waals surface area contributed by atoms with Gasteiger partial charge >= 0.3 is 0 Å². The predicted octanol–water partition coefficient (Wildman–Crippen LogP) is 1.61. The van der Waals surface area contributed by atoms with Gasteiger partial charge in [0, 0.05) is 0 Å². The van der Waals surface area contributed by atoms with E-state index < -0.39 is 0 Å². The molecule has 1 saturated carbocycles. The van der Waals surface area contributed by atoms with Gasteiger partial charge in [0.2, 0.25) is 0 Å². The van der Waals surface area contributed by atoms with Gasteiger partial charge in [0.15, 0.2) is 5.78 Å². The number of hydrogen-bond donors (Lipinski definition) is 0. The molecule has 0 amide bonds. The quantitative estimate of drug-likeness (QED) is 0.474. The van der Waals surface area contributed by atoms with Crippen molar-refractivity contribution in [3.8, 4) is 0 Å². The van der Waals surface area contributed by atoms with Gasteiger partial charge in [0.1, 0.15) is 0 Å². The molecule has 2 aliphatic rings. The zero-order valence-corrected chi connectivity index (χ0v) is 5.18. The molecule has 0 unspecified atom stereocenters. The summed E-state index contributed by atoms with van der Waals surface area (Å²) in [5, 5.41) is 0. The van der Waals surface area contributed by atoms with Gasteiger partial charge in [0.25, 0.3) is 0 Å². The van der Waals surface area contributed by atoms with Crippen LogP contribution in [0.5, 0.6) is 0 Å². The van der Waals surface area contributed by atoms with Gasteiger partial charge < -0.3 is 0 Å². The van der Waals surface area contributed by atoms with Crippen LogP contribution in [0.2, 0.25) is 0 Å². The highest BCUT2D eigenvalue weighted by Gasteiger charge is 2.19. The van der Waals surface area contributed by atoms with Crippen molar-refractivity contribution in [3.05, 3.63) is 23.3 Å². The lowest BCUT2D eigenvalue weighted by molar-refractivity contribution is -0.110. The van der Waals surface area contributed by atoms with Gasteiger partial charge in [-0.1, -0.05) is 0 Å². The van der Waals surface area contributed by atoms with E-state index in [0.717, 1.165) is 12.8 Å². The Balaban J connectivity index is 2.44. The second kappa shape index (κ2) is 1.56. The highest BCUT2D eigenvalue weighted by Crippen LogP contribution is 2.33. The monoisotopic (exact) mass is 120 g/mol. The molecule has 0 heterocycles. The van der Waals surface area contributed by atoms with Crippen LogP contribution in [-0.2, 0) is 4.79 Å². The lowest BCUT2D eigenvalue weighted by Gasteiger charge is -1.86. The van der Waals surface area contributed by atoms with Gasteiger partial charge in [-0.05, 0) is 42.6 Å². The lowest BCUT2D eigenvalue weighted by atomic mass is 10.2. The molecule has 1 heteroatoms. The summed E-state index contributed by atoms with van der Waals surface area (Å²) in [6.07, 6.45) is 7.02. The van der Waals surface area contributed by atoms with Crippen molar-refractivity contribution in [3.63, 3.8) is 0 Å². The summed E-state index contributed by atoms with van der Waals surface area (Å²) in [5.41, 5.74) is 2.58. The molecule has 0 aromatic rings. The van der Waals surface area contributed by atoms with Crippen molar-refractivity contribution in [1.29, 1.82) is 0 Å². The Morgan fingerprint density at radius 2 is 1.67 bits per heavy atom. The molecular weight excluding hydrogens is 112 g/mol. The van der Waals surface area contributed by atoms with E-state index in [1.54, 1.807) is 12.2 Å². The second-order valence-electron chi connectivity index (χ2n) is 2.60. The number of carbonyl (C=O) groups is 1. The first-order valence-electron chi connectivity index (χ1n) is 3.32. The summed E-state index contributed by atoms with van der Waals surface area (Å²) in [5.74, 6) is 0.194. The number of carbonyl (C=O) groups excluding carboxylic acids is 1. The molecule has 0 N–H and O–H groups in total. The van der Waals surface area contributed by atoms with Crippen LogP contribution in [0, 0.1) is 0 Å². The van der Waals surface area contributed by atoms with Crippen LogP contribution in [-0.4, -0.2) is 5.78 Å². The summed E-state index contributed by atoms with van der Waals surface area (Å²) in [6.45, 7) is 0. The predicted molar refractivity (Wildman–Crippen MR) is 35.0 cm³/mol. The SMILES string of the molecule is O=C1C=C2CCCC2=C1. The van der Waals surface area contributed by atoms with Crippen molar-refractivity contribution in [2.24, 2.45) is 0 Å². The zero-order chi connectivity index (χ0) is 6.27. The van der Waals surface area contributed by atoms with Gasteiger partial charge in [0.05, 0.1) is 0 Å². The Labute approximate surface area is 54.1 Å². The molecule has 1 nitrogen and oxygen atoms in total. The molecule has 9 heavy (non-hydrogen) atoms. The number of ketones is 1. The average Bonchev–Trinajstić information content (AvgIpc) is 2.22. The van der Waals surface area contributed by atoms with E-state index in [9.17, 15) is 4.79 Å². The van der Waals surface area contributed by atoms with E-state index >= 15 is 0 Å². The molecular formula is C8H8O. The van der Waals surface area contributed by atoms with E-state index in [-0.39, 0.29) is 5.78 Å². The molecule has 0 bridgehead atoms. The lowest BCUT2D eigenvalue weighted by Crippen LogP contribution is -1.78. The van der Waals surface area contributed by atoms with E-state index in [1.807, 2.05) is 0 Å². The van der Waals surface area contributed by atoms with Crippen molar-refractivity contribution in [2.75, 3.05) is 0 Å². The van der Waals surface area contributed by atoms with Crippen molar-refractivity contribution in [1.82, 2.24) is 0 Å². The van der Waals surface area contributed by atoms with E-state index in [2.05, 4.69) is 0 Å². The molecule has 0 atom stereocenters. The van der Waals surface area contributed by atoms with Gasteiger partial charge in [-0.3, -0.25) is 4.79 Å². The smallest absolute Gasteiger partial charge is 0.179 e. The number of fused-ring (bicyclic) bond motifs is 1. The molecule has 2 aliphatic carbocycles. The third-order valence-corrected chi connectivity index (χ3v) is 1.94. The van der Waals surface area contributed by atoms with Gasteiger partial charge in [-0.25, -0.2) is 0 Å². The molecule has 46 valence electrons. The molecule has 0 spiro atoms. The first-order valence-corrected chi connectivity index (χ1v) is 3.32. The third-order valence-electron chi connectivity index (χ3n) is 1.94. The maximum atomic E-state index is 10.7. The van der Waals surface area contributed by atoms with Crippen LogP contribution in [0.4, 0.5) is 0 Å². The van der Waals surface area contributed by atoms with E-state index in [0.29, 0.717) is 0 Å². The van der Waals surface area contributed by atoms with Crippen LogP contribution in [0.25, 0.3) is 0 Å². The minimum Gasteiger partial charge on any atom is -0.290 e. The van der Waals surface area contributed by atoms with Crippen LogP contribution < -0.4 is 0 Å². The summed E-state index contributed by atoms with van der Waals surface area (Å²) in [6, 6.07) is 0. The minimum absolute atomic E-state index is 0.194. The standard InChI is InChI=1S/C8H8O/c9-8-4-6-2-1-3-7(6)5-8/h4-5H,1-3H2. The van der Waals surface area contributed by atoms with E-state index in [4.69, 9.17) is 0 Å². The molecule has 0 aromatic heterocycles. The average molecular weight is 120 g/mol. The maximum absolute atomic E-state index is 10.7. The van der Waals surface area contributed by atoms with Crippen molar-refractivity contribution in [2.45, 2.75) is 19.3 Å². The zero-order valence-electron chi connectivity index (χ0n) is 5.18. The van der Waals surface area contributed by atoms with Gasteiger partial charge in [-0.2, -0.15) is 0 Å². The highest BCUT2D eigenvalue weighted by atomic mass is 16.1. The highest BCUT2D eigenvalue weighted by molar-refractivity contribution is 6.04. The Bertz CT molecular complexity index is 199. The first kappa shape index (κ1) is 4.98. The Morgan fingerprint density at radius 3 is 2.22 bits per heavy atom. The summed E-state index contributed by atoms with van der Waals surface area (Å²) < 4.78 is 0. The fraction of sp³-hybridized carbons (Fsp3) is 0.375. The molecule has 1 fully saturated rings. The van der Waals surface area contributed by atoms with Gasteiger partial charge in [-0.15, -0.1) is 0 Å².